The van der Waals surface area contributed by atoms with Crippen LogP contribution in [0, 0.1) is 29.1 Å². The maximum atomic E-state index is 12.4. The molecule has 1 aromatic carbocycles. The van der Waals surface area contributed by atoms with Crippen LogP contribution in [0.25, 0.3) is 0 Å². The van der Waals surface area contributed by atoms with Gasteiger partial charge in [0.2, 0.25) is 0 Å². The van der Waals surface area contributed by atoms with Crippen LogP contribution in [0.15, 0.2) is 24.3 Å². The number of ether oxygens (including phenoxy) is 2. The van der Waals surface area contributed by atoms with Gasteiger partial charge in [0.05, 0.1) is 5.41 Å². The Balaban J connectivity index is 1.54. The second-order valence-electron chi connectivity index (χ2n) is 10.6. The zero-order valence-electron chi connectivity index (χ0n) is 18.1. The molecule has 6 nitrogen and oxygen atoms in total. The van der Waals surface area contributed by atoms with Crippen LogP contribution in [0.1, 0.15) is 65.4 Å². The van der Waals surface area contributed by atoms with Crippen molar-refractivity contribution in [3.05, 3.63) is 29.8 Å². The fraction of sp³-hybridized carbons (Fsp3) is 0.667. The van der Waals surface area contributed by atoms with E-state index in [4.69, 9.17) is 19.2 Å². The number of hydrogen-bond donors (Lipinski definition) is 0. The van der Waals surface area contributed by atoms with E-state index in [-0.39, 0.29) is 5.97 Å². The summed E-state index contributed by atoms with van der Waals surface area (Å²) in [5.74, 6) is 0.428. The van der Waals surface area contributed by atoms with Gasteiger partial charge < -0.3 is 9.47 Å². The Kier molecular flexibility index (Phi) is 4.36. The first kappa shape index (κ1) is 20.0. The third kappa shape index (κ3) is 2.76. The van der Waals surface area contributed by atoms with Crippen LogP contribution >= 0.6 is 0 Å². The normalized spacial score (nSPS) is 38.9. The minimum absolute atomic E-state index is 0.294. The molecule has 6 rings (SSSR count). The molecule has 0 amide bonds. The fourth-order valence-corrected chi connectivity index (χ4v) is 6.43. The van der Waals surface area contributed by atoms with Crippen LogP contribution in [0.5, 0.6) is 5.75 Å². The predicted octanol–water partition coefficient (Wildman–Crippen LogP) is 4.51. The number of esters is 2. The summed E-state index contributed by atoms with van der Waals surface area (Å²) in [5.41, 5.74) is -0.628. The molecule has 5 aliphatic rings. The first-order valence-corrected chi connectivity index (χ1v) is 11.0. The summed E-state index contributed by atoms with van der Waals surface area (Å²) in [5, 5.41) is 0. The molecule has 1 unspecified atom stereocenters. The Morgan fingerprint density at radius 3 is 2.13 bits per heavy atom. The second-order valence-corrected chi connectivity index (χ2v) is 10.6. The van der Waals surface area contributed by atoms with Gasteiger partial charge in [0, 0.05) is 12.5 Å². The first-order valence-electron chi connectivity index (χ1n) is 11.0. The lowest BCUT2D eigenvalue weighted by Gasteiger charge is -2.68. The molecule has 1 atom stereocenters. The summed E-state index contributed by atoms with van der Waals surface area (Å²) in [6, 6.07) is 7.16. The zero-order valence-corrected chi connectivity index (χ0v) is 18.1. The monoisotopic (exact) mass is 414 g/mol. The van der Waals surface area contributed by atoms with E-state index in [1.807, 2.05) is 26.8 Å². The third-order valence-electron chi connectivity index (χ3n) is 7.49. The average molecular weight is 414 g/mol. The van der Waals surface area contributed by atoms with Crippen molar-refractivity contribution < 1.29 is 28.8 Å². The van der Waals surface area contributed by atoms with Crippen molar-refractivity contribution >= 4 is 11.9 Å². The molecular formula is C24H30O6. The van der Waals surface area contributed by atoms with Crippen LogP contribution in [0.2, 0.25) is 0 Å². The minimum atomic E-state index is -1.30. The Labute approximate surface area is 177 Å². The van der Waals surface area contributed by atoms with Gasteiger partial charge in [-0.2, -0.15) is 4.89 Å². The summed E-state index contributed by atoms with van der Waals surface area (Å²) in [6.07, 6.45) is 5.63. The lowest BCUT2D eigenvalue weighted by molar-refractivity contribution is -0.640. The Morgan fingerprint density at radius 1 is 1.00 bits per heavy atom. The SMILES string of the molecule is CC(=O)OC1(c2cccc(OC(=O)C(C)(C)C)c2)OOC12C1CC3CC(C1)CC2C3. The van der Waals surface area contributed by atoms with Gasteiger partial charge in [0.25, 0.3) is 0 Å². The van der Waals surface area contributed by atoms with Gasteiger partial charge in [0.15, 0.2) is 5.60 Å². The molecule has 0 aromatic heterocycles. The standard InChI is InChI=1S/C24H30O6/c1-14(25)28-24(17-6-5-7-20(13-17)27-21(26)22(2,3)4)23(29-30-24)18-9-15-8-16(11-18)12-19(23)10-15/h5-7,13,15-16,18-19H,8-12H2,1-4H3. The maximum Gasteiger partial charge on any atom is 0.316 e. The highest BCUT2D eigenvalue weighted by molar-refractivity contribution is 5.77. The predicted molar refractivity (Wildman–Crippen MR) is 107 cm³/mol. The van der Waals surface area contributed by atoms with E-state index in [1.54, 1.807) is 18.2 Å². The van der Waals surface area contributed by atoms with Crippen molar-refractivity contribution in [1.82, 2.24) is 0 Å². The van der Waals surface area contributed by atoms with E-state index in [0.29, 0.717) is 23.1 Å². The molecule has 162 valence electrons. The third-order valence-corrected chi connectivity index (χ3v) is 7.49. The van der Waals surface area contributed by atoms with E-state index in [0.717, 1.165) is 37.5 Å². The van der Waals surface area contributed by atoms with Gasteiger partial charge in [0.1, 0.15) is 5.75 Å². The van der Waals surface area contributed by atoms with Gasteiger partial charge in [-0.05, 0) is 88.7 Å². The molecule has 1 heterocycles. The quantitative estimate of drug-likeness (QED) is 0.412. The van der Waals surface area contributed by atoms with Crippen LogP contribution in [-0.2, 0) is 29.9 Å². The van der Waals surface area contributed by atoms with Gasteiger partial charge in [-0.25, -0.2) is 4.89 Å². The molecule has 0 radical (unpaired) electrons. The van der Waals surface area contributed by atoms with Gasteiger partial charge in [-0.3, -0.25) is 9.59 Å². The van der Waals surface area contributed by atoms with Crippen molar-refractivity contribution in [3.8, 4) is 5.75 Å². The van der Waals surface area contributed by atoms with Crippen molar-refractivity contribution in [3.63, 3.8) is 0 Å². The molecule has 0 N–H and O–H groups in total. The molecular weight excluding hydrogens is 384 g/mol. The smallest absolute Gasteiger partial charge is 0.316 e. The number of carbonyl (C=O) groups excluding carboxylic acids is 2. The van der Waals surface area contributed by atoms with Crippen LogP contribution in [-0.4, -0.2) is 17.5 Å². The van der Waals surface area contributed by atoms with E-state index in [1.165, 1.54) is 13.3 Å². The highest BCUT2D eigenvalue weighted by Gasteiger charge is 2.78. The number of hydrogen-bond acceptors (Lipinski definition) is 6. The van der Waals surface area contributed by atoms with Crippen molar-refractivity contribution in [1.29, 1.82) is 0 Å². The molecule has 4 bridgehead atoms. The summed E-state index contributed by atoms with van der Waals surface area (Å²) < 4.78 is 11.5. The van der Waals surface area contributed by atoms with E-state index >= 15 is 0 Å². The molecule has 4 saturated carbocycles. The summed E-state index contributed by atoms with van der Waals surface area (Å²) in [6.45, 7) is 6.83. The van der Waals surface area contributed by atoms with Crippen LogP contribution in [0.4, 0.5) is 0 Å². The molecule has 1 aromatic rings. The molecule has 4 aliphatic carbocycles. The van der Waals surface area contributed by atoms with Crippen molar-refractivity contribution in [2.24, 2.45) is 29.1 Å². The highest BCUT2D eigenvalue weighted by atomic mass is 17.3. The van der Waals surface area contributed by atoms with Gasteiger partial charge in [-0.15, -0.1) is 0 Å². The Morgan fingerprint density at radius 2 is 1.63 bits per heavy atom. The largest absolute Gasteiger partial charge is 0.426 e. The molecule has 1 spiro atoms. The van der Waals surface area contributed by atoms with Crippen LogP contribution < -0.4 is 4.74 Å². The Bertz CT molecular complexity index is 856. The Hall–Kier alpha value is -1.92. The summed E-state index contributed by atoms with van der Waals surface area (Å²) in [4.78, 5) is 36.3. The fourth-order valence-electron chi connectivity index (χ4n) is 6.43. The van der Waals surface area contributed by atoms with Crippen LogP contribution in [0.3, 0.4) is 0 Å². The minimum Gasteiger partial charge on any atom is -0.426 e. The molecule has 1 aliphatic heterocycles. The molecule has 5 fully saturated rings. The first-order chi connectivity index (χ1) is 14.1. The van der Waals surface area contributed by atoms with Crippen molar-refractivity contribution in [2.45, 2.75) is 71.2 Å². The topological polar surface area (TPSA) is 71.1 Å². The van der Waals surface area contributed by atoms with Crippen molar-refractivity contribution in [2.75, 3.05) is 0 Å². The average Bonchev–Trinajstić information content (AvgIpc) is 2.64. The molecule has 6 heteroatoms. The molecule has 1 saturated heterocycles. The van der Waals surface area contributed by atoms with E-state index in [2.05, 4.69) is 0 Å². The maximum absolute atomic E-state index is 12.4. The lowest BCUT2D eigenvalue weighted by atomic mass is 9.47. The summed E-state index contributed by atoms with van der Waals surface area (Å²) >= 11 is 0. The van der Waals surface area contributed by atoms with E-state index < -0.39 is 22.8 Å². The van der Waals surface area contributed by atoms with E-state index in [9.17, 15) is 9.59 Å². The lowest BCUT2D eigenvalue weighted by Crippen LogP contribution is -2.77. The zero-order chi connectivity index (χ0) is 21.3. The number of rotatable bonds is 3. The highest BCUT2D eigenvalue weighted by Crippen LogP contribution is 2.69. The molecule has 30 heavy (non-hydrogen) atoms. The second kappa shape index (κ2) is 6.54. The van der Waals surface area contributed by atoms with Gasteiger partial charge >= 0.3 is 17.7 Å². The number of carbonyl (C=O) groups is 2. The number of benzene rings is 1. The summed E-state index contributed by atoms with van der Waals surface area (Å²) in [7, 11) is 0. The van der Waals surface area contributed by atoms with Gasteiger partial charge in [-0.1, -0.05) is 12.1 Å².